The molecule has 0 saturated carbocycles. The van der Waals surface area contributed by atoms with Gasteiger partial charge in [0.1, 0.15) is 0 Å². The first-order chi connectivity index (χ1) is 23.8. The fraction of sp³-hybridized carbons (Fsp3) is 0.0667. The monoisotopic (exact) mass is 615 g/mol. The Labute approximate surface area is 278 Å². The van der Waals surface area contributed by atoms with Gasteiger partial charge in [0.2, 0.25) is 0 Å². The van der Waals surface area contributed by atoms with Crippen LogP contribution in [0.25, 0.3) is 82.5 Å². The molecule has 7 aromatic carbocycles. The normalized spacial score (nSPS) is 12.0. The minimum Gasteiger partial charge on any atom is -0.309 e. The Morgan fingerprint density at radius 2 is 0.667 bits per heavy atom. The van der Waals surface area contributed by atoms with Gasteiger partial charge < -0.3 is 13.7 Å². The lowest BCUT2D eigenvalue weighted by Gasteiger charge is -2.11. The number of hydrogen-bond acceptors (Lipinski definition) is 0. The summed E-state index contributed by atoms with van der Waals surface area (Å²) in [7, 11) is 0. The molecular weight excluding hydrogens is 583 g/mol. The molecule has 10 rings (SSSR count). The molecule has 3 heteroatoms. The SMILES string of the molecule is CCCc1ccc(-n2c3ccc(-n4c5ccccc5c5ccccc54)cc3c3cc(-n4c5ccccc5c5ccccc54)ccc32)cc1. The van der Waals surface area contributed by atoms with Crippen molar-refractivity contribution in [2.45, 2.75) is 19.8 Å². The average molecular weight is 616 g/mol. The van der Waals surface area contributed by atoms with E-state index >= 15 is 0 Å². The van der Waals surface area contributed by atoms with E-state index in [0.29, 0.717) is 0 Å². The molecule has 10 aromatic rings. The first kappa shape index (κ1) is 27.1. The zero-order valence-corrected chi connectivity index (χ0v) is 26.8. The summed E-state index contributed by atoms with van der Waals surface area (Å²) >= 11 is 0. The van der Waals surface area contributed by atoms with Gasteiger partial charge in [-0.25, -0.2) is 0 Å². The zero-order chi connectivity index (χ0) is 31.8. The third kappa shape index (κ3) is 3.88. The maximum atomic E-state index is 2.44. The summed E-state index contributed by atoms with van der Waals surface area (Å²) in [5.74, 6) is 0. The van der Waals surface area contributed by atoms with Crippen molar-refractivity contribution in [3.05, 3.63) is 163 Å². The second-order valence-electron chi connectivity index (χ2n) is 12.9. The van der Waals surface area contributed by atoms with Crippen LogP contribution < -0.4 is 0 Å². The average Bonchev–Trinajstić information content (AvgIpc) is 3.77. The highest BCUT2D eigenvalue weighted by atomic mass is 15.0. The Bertz CT molecular complexity index is 2560. The topological polar surface area (TPSA) is 14.8 Å². The quantitative estimate of drug-likeness (QED) is 0.183. The highest BCUT2D eigenvalue weighted by Crippen LogP contribution is 2.39. The van der Waals surface area contributed by atoms with Gasteiger partial charge in [0.05, 0.1) is 33.1 Å². The number of benzene rings is 7. The van der Waals surface area contributed by atoms with Gasteiger partial charge in [-0.15, -0.1) is 0 Å². The number of fused-ring (bicyclic) bond motifs is 9. The number of para-hydroxylation sites is 4. The Balaban J connectivity index is 1.28. The molecule has 0 aliphatic carbocycles. The fourth-order valence-electron chi connectivity index (χ4n) is 8.06. The van der Waals surface area contributed by atoms with E-state index < -0.39 is 0 Å². The molecule has 3 aromatic heterocycles. The predicted octanol–water partition coefficient (Wildman–Crippen LogP) is 11.9. The summed E-state index contributed by atoms with van der Waals surface area (Å²) in [6.07, 6.45) is 2.24. The summed E-state index contributed by atoms with van der Waals surface area (Å²) in [5, 5.41) is 7.58. The van der Waals surface area contributed by atoms with Crippen LogP contribution in [0.15, 0.2) is 158 Å². The van der Waals surface area contributed by atoms with Crippen molar-refractivity contribution >= 4 is 65.4 Å². The molecule has 48 heavy (non-hydrogen) atoms. The van der Waals surface area contributed by atoms with Crippen LogP contribution in [-0.2, 0) is 6.42 Å². The molecule has 228 valence electrons. The highest BCUT2D eigenvalue weighted by molar-refractivity contribution is 6.14. The van der Waals surface area contributed by atoms with E-state index in [1.54, 1.807) is 0 Å². The zero-order valence-electron chi connectivity index (χ0n) is 26.8. The van der Waals surface area contributed by atoms with Crippen LogP contribution in [0.1, 0.15) is 18.9 Å². The molecule has 0 saturated heterocycles. The maximum absolute atomic E-state index is 2.44. The molecule has 0 fully saturated rings. The first-order valence-electron chi connectivity index (χ1n) is 16.9. The van der Waals surface area contributed by atoms with Crippen LogP contribution in [-0.4, -0.2) is 13.7 Å². The predicted molar refractivity (Wildman–Crippen MR) is 203 cm³/mol. The smallest absolute Gasteiger partial charge is 0.0542 e. The lowest BCUT2D eigenvalue weighted by Crippen LogP contribution is -1.96. The van der Waals surface area contributed by atoms with Gasteiger partial charge in [0.25, 0.3) is 0 Å². The van der Waals surface area contributed by atoms with Gasteiger partial charge in [-0.05, 0) is 84.8 Å². The van der Waals surface area contributed by atoms with Crippen molar-refractivity contribution in [2.75, 3.05) is 0 Å². The van der Waals surface area contributed by atoms with Crippen LogP contribution in [0.4, 0.5) is 0 Å². The second-order valence-corrected chi connectivity index (χ2v) is 12.9. The van der Waals surface area contributed by atoms with Gasteiger partial charge in [-0.2, -0.15) is 0 Å². The molecule has 0 unspecified atom stereocenters. The molecule has 0 aliphatic rings. The molecule has 0 spiro atoms. The molecule has 0 N–H and O–H groups in total. The molecule has 0 atom stereocenters. The Morgan fingerprint density at radius 1 is 0.333 bits per heavy atom. The summed E-state index contributed by atoms with van der Waals surface area (Å²) in [4.78, 5) is 0. The minimum atomic E-state index is 1.09. The third-order valence-electron chi connectivity index (χ3n) is 10.1. The van der Waals surface area contributed by atoms with Crippen LogP contribution in [0.2, 0.25) is 0 Å². The van der Waals surface area contributed by atoms with E-state index in [1.165, 1.54) is 88.0 Å². The molecule has 0 radical (unpaired) electrons. The lowest BCUT2D eigenvalue weighted by molar-refractivity contribution is 0.921. The molecule has 3 nitrogen and oxygen atoms in total. The van der Waals surface area contributed by atoms with Crippen molar-refractivity contribution in [3.8, 4) is 17.1 Å². The summed E-state index contributed by atoms with van der Waals surface area (Å²) in [6, 6.07) is 58.1. The van der Waals surface area contributed by atoms with Crippen molar-refractivity contribution in [3.63, 3.8) is 0 Å². The number of aromatic nitrogens is 3. The van der Waals surface area contributed by atoms with Crippen molar-refractivity contribution in [1.82, 2.24) is 13.7 Å². The Morgan fingerprint density at radius 3 is 1.06 bits per heavy atom. The Kier molecular flexibility index (Phi) is 5.91. The van der Waals surface area contributed by atoms with Crippen molar-refractivity contribution in [1.29, 1.82) is 0 Å². The third-order valence-corrected chi connectivity index (χ3v) is 10.1. The molecule has 0 aliphatic heterocycles. The van der Waals surface area contributed by atoms with Crippen LogP contribution >= 0.6 is 0 Å². The number of nitrogens with zero attached hydrogens (tertiary/aromatic N) is 3. The first-order valence-corrected chi connectivity index (χ1v) is 16.9. The van der Waals surface area contributed by atoms with Crippen molar-refractivity contribution in [2.24, 2.45) is 0 Å². The largest absolute Gasteiger partial charge is 0.309 e. The summed E-state index contributed by atoms with van der Waals surface area (Å²) in [5.41, 5.74) is 12.2. The van der Waals surface area contributed by atoms with Crippen LogP contribution in [0, 0.1) is 0 Å². The van der Waals surface area contributed by atoms with Crippen molar-refractivity contribution < 1.29 is 0 Å². The maximum Gasteiger partial charge on any atom is 0.0542 e. The van der Waals surface area contributed by atoms with Gasteiger partial charge in [0, 0.05) is 49.4 Å². The van der Waals surface area contributed by atoms with E-state index in [2.05, 4.69) is 178 Å². The molecular formula is C45H33N3. The summed E-state index contributed by atoms with van der Waals surface area (Å²) in [6.45, 7) is 2.24. The van der Waals surface area contributed by atoms with Gasteiger partial charge in [-0.1, -0.05) is 98.3 Å². The number of rotatable bonds is 5. The minimum absolute atomic E-state index is 1.09. The van der Waals surface area contributed by atoms with Crippen LogP contribution in [0.5, 0.6) is 0 Å². The number of aryl methyl sites for hydroxylation is 1. The van der Waals surface area contributed by atoms with E-state index in [1.807, 2.05) is 0 Å². The summed E-state index contributed by atoms with van der Waals surface area (Å²) < 4.78 is 7.28. The Hall–Kier alpha value is -6.06. The molecule has 0 amide bonds. The van der Waals surface area contributed by atoms with Crippen LogP contribution in [0.3, 0.4) is 0 Å². The van der Waals surface area contributed by atoms with E-state index in [0.717, 1.165) is 12.8 Å². The van der Waals surface area contributed by atoms with E-state index in [-0.39, 0.29) is 0 Å². The number of hydrogen-bond donors (Lipinski definition) is 0. The fourth-order valence-corrected chi connectivity index (χ4v) is 8.06. The van der Waals surface area contributed by atoms with Gasteiger partial charge >= 0.3 is 0 Å². The van der Waals surface area contributed by atoms with Gasteiger partial charge in [0.15, 0.2) is 0 Å². The standard InChI is InChI=1S/C45H33N3/c1-2-11-30-20-22-31(23-21-30)46-44-26-24-32(47-40-16-7-3-12-34(40)35-13-4-8-17-41(35)47)28-38(44)39-29-33(25-27-45(39)46)48-42-18-9-5-14-36(42)37-15-6-10-19-43(37)48/h3-10,12-29H,2,11H2,1H3. The lowest BCUT2D eigenvalue weighted by atomic mass is 10.1. The highest BCUT2D eigenvalue weighted by Gasteiger charge is 2.18. The van der Waals surface area contributed by atoms with E-state index in [4.69, 9.17) is 0 Å². The molecule has 0 bridgehead atoms. The molecule has 3 heterocycles. The van der Waals surface area contributed by atoms with Gasteiger partial charge in [-0.3, -0.25) is 0 Å². The second kappa shape index (κ2) is 10.5. The van der Waals surface area contributed by atoms with E-state index in [9.17, 15) is 0 Å².